The molecule has 0 amide bonds. The van der Waals surface area contributed by atoms with E-state index in [1.165, 1.54) is 14.2 Å². The van der Waals surface area contributed by atoms with Gasteiger partial charge in [0.05, 0.1) is 68.1 Å². The van der Waals surface area contributed by atoms with Crippen LogP contribution in [0.15, 0.2) is 12.2 Å². The normalized spacial score (nSPS) is 51.0. The van der Waals surface area contributed by atoms with E-state index in [0.717, 1.165) is 6.08 Å². The lowest BCUT2D eigenvalue weighted by Crippen LogP contribution is -2.66. The predicted octanol–water partition coefficient (Wildman–Crippen LogP) is -6.46. The fourth-order valence-electron chi connectivity index (χ4n) is 11.0. The zero-order chi connectivity index (χ0) is 50.0. The van der Waals surface area contributed by atoms with Crippen LogP contribution in [0.2, 0.25) is 0 Å². The summed E-state index contributed by atoms with van der Waals surface area (Å²) in [6, 6.07) is 0. The molecule has 26 atom stereocenters. The fraction of sp³-hybridized carbons (Fsp3) is 0.932. The number of hydrogen-bond acceptors (Lipinski definition) is 25. The molecular formula is C44H72O25. The Hall–Kier alpha value is -1.71. The lowest BCUT2D eigenvalue weighted by molar-refractivity contribution is -0.380. The second kappa shape index (κ2) is 24.1. The Morgan fingerprint density at radius 1 is 0.536 bits per heavy atom. The molecule has 11 unspecified atom stereocenters. The topological polar surface area (TPSA) is 393 Å². The molecule has 7 rings (SSSR count). The van der Waals surface area contributed by atoms with E-state index in [2.05, 4.69) is 0 Å². The van der Waals surface area contributed by atoms with E-state index in [9.17, 15) is 76.3 Å². The third-order valence-corrected chi connectivity index (χ3v) is 15.0. The van der Waals surface area contributed by atoms with Crippen LogP contribution in [0.4, 0.5) is 0 Å². The summed E-state index contributed by atoms with van der Waals surface area (Å²) in [5.74, 6) is -2.31. The van der Waals surface area contributed by atoms with Crippen molar-refractivity contribution < 1.29 is 124 Å². The van der Waals surface area contributed by atoms with Gasteiger partial charge in [0.2, 0.25) is 0 Å². The van der Waals surface area contributed by atoms with Gasteiger partial charge < -0.3 is 119 Å². The van der Waals surface area contributed by atoms with Crippen molar-refractivity contribution in [1.82, 2.24) is 0 Å². The molecule has 398 valence electrons. The standard InChI is InChI=1S/C44H72O25/c1-60-24-7-16(8-25(61-2)31(24)51)3-6-30(50)62-15-29-34(54)37(57)41(69-43-39(59)36(56)33(53)28(14-46)67-43)44(68-29)65-26-12-19-22(63-40(26)17-4-5-20(48)21(49)9-17)10-18(47)11-23(19)64-42-38(58)35(55)32(52)27(13-45)66-42/h3,6,16-29,31-49,51-59H,4-5,7-15H2,1-2H3/t16?,17?,18?,19?,20?,21?,22?,23?,24?,25?,26?,27-,28-,29-,31?,32-,33-,34-,35+,36+,37+,38-,39-,40?,41-,42-,43+,44-/m1/s1. The van der Waals surface area contributed by atoms with E-state index in [0.29, 0.717) is 19.3 Å². The van der Waals surface area contributed by atoms with Crippen LogP contribution < -0.4 is 0 Å². The Labute approximate surface area is 397 Å². The molecule has 4 aliphatic heterocycles. The van der Waals surface area contributed by atoms with Crippen LogP contribution in [-0.2, 0) is 52.2 Å². The lowest BCUT2D eigenvalue weighted by atomic mass is 9.72. The lowest BCUT2D eigenvalue weighted by Gasteiger charge is -2.53. The molecular weight excluding hydrogens is 928 g/mol. The van der Waals surface area contributed by atoms with Gasteiger partial charge >= 0.3 is 5.97 Å². The molecule has 7 fully saturated rings. The van der Waals surface area contributed by atoms with Gasteiger partial charge in [-0.3, -0.25) is 0 Å². The number of carbonyl (C=O) groups excluding carboxylic acids is 1. The fourth-order valence-corrected chi connectivity index (χ4v) is 11.0. The van der Waals surface area contributed by atoms with Gasteiger partial charge in [0.1, 0.15) is 86.0 Å². The van der Waals surface area contributed by atoms with Gasteiger partial charge in [-0.15, -0.1) is 0 Å². The highest BCUT2D eigenvalue weighted by Gasteiger charge is 2.56. The summed E-state index contributed by atoms with van der Waals surface area (Å²) < 4.78 is 59.4. The number of aliphatic hydroxyl groups excluding tert-OH is 14. The van der Waals surface area contributed by atoms with E-state index >= 15 is 0 Å². The van der Waals surface area contributed by atoms with Crippen molar-refractivity contribution in [3.63, 3.8) is 0 Å². The van der Waals surface area contributed by atoms with E-state index in [-0.39, 0.29) is 38.0 Å². The zero-order valence-electron chi connectivity index (χ0n) is 38.4. The van der Waals surface area contributed by atoms with Crippen molar-refractivity contribution in [2.45, 2.75) is 205 Å². The number of hydrogen-bond donors (Lipinski definition) is 14. The van der Waals surface area contributed by atoms with Crippen molar-refractivity contribution in [3.8, 4) is 0 Å². The second-order valence-corrected chi connectivity index (χ2v) is 19.5. The second-order valence-electron chi connectivity index (χ2n) is 19.5. The number of rotatable bonds is 15. The van der Waals surface area contributed by atoms with Crippen LogP contribution in [0.3, 0.4) is 0 Å². The van der Waals surface area contributed by atoms with Crippen molar-refractivity contribution in [2.75, 3.05) is 34.0 Å². The summed E-state index contributed by atoms with van der Waals surface area (Å²) >= 11 is 0. The maximum absolute atomic E-state index is 13.1. The van der Waals surface area contributed by atoms with Gasteiger partial charge in [0, 0.05) is 32.6 Å². The van der Waals surface area contributed by atoms with E-state index < -0.39 is 191 Å². The third-order valence-electron chi connectivity index (χ3n) is 15.0. The smallest absolute Gasteiger partial charge is 0.330 e. The number of esters is 1. The summed E-state index contributed by atoms with van der Waals surface area (Å²) in [6.07, 6.45) is -30.9. The molecule has 0 aromatic rings. The Morgan fingerprint density at radius 3 is 1.68 bits per heavy atom. The van der Waals surface area contributed by atoms with Gasteiger partial charge in [-0.2, -0.15) is 0 Å². The number of allylic oxidation sites excluding steroid dienone is 1. The molecule has 3 aliphatic carbocycles. The largest absolute Gasteiger partial charge is 0.460 e. The molecule has 7 aliphatic rings. The highest BCUT2D eigenvalue weighted by atomic mass is 16.8. The van der Waals surface area contributed by atoms with Gasteiger partial charge in [0.15, 0.2) is 18.9 Å². The summed E-state index contributed by atoms with van der Waals surface area (Å²) in [7, 11) is 2.90. The van der Waals surface area contributed by atoms with Gasteiger partial charge in [-0.05, 0) is 56.8 Å². The molecule has 0 spiro atoms. The number of ether oxygens (including phenoxy) is 10. The highest BCUT2D eigenvalue weighted by Crippen LogP contribution is 2.45. The number of fused-ring (bicyclic) bond motifs is 1. The molecule has 0 radical (unpaired) electrons. The third kappa shape index (κ3) is 12.3. The van der Waals surface area contributed by atoms with Crippen LogP contribution in [-0.4, -0.2) is 265 Å². The summed E-state index contributed by atoms with van der Waals surface area (Å²) in [6.45, 7) is -2.21. The van der Waals surface area contributed by atoms with Gasteiger partial charge in [0.25, 0.3) is 0 Å². The minimum absolute atomic E-state index is 0.00106. The predicted molar refractivity (Wildman–Crippen MR) is 225 cm³/mol. The number of carbonyl (C=O) groups is 1. The Bertz CT molecular complexity index is 1630. The SMILES string of the molecule is COC1CC(C=CC(=O)OC[C@H]2O[C@@H](OC3CC4C(CC(O)CC4O[C@@H]4O[C@H](CO)[C@@H](O)[C@H](O)[C@H]4O)OC3C3CCC(O)C(O)C3)[C@H](O[C@@H]3O[C@H](CO)[C@@H](O)[C@H](O)[C@H]3O)[C@@H](O)[C@@H]2O)CC(OC)C1O. The first-order valence-corrected chi connectivity index (χ1v) is 23.7. The Morgan fingerprint density at radius 2 is 1.10 bits per heavy atom. The molecule has 25 nitrogen and oxygen atoms in total. The van der Waals surface area contributed by atoms with Crippen molar-refractivity contribution >= 4 is 5.97 Å². The Balaban J connectivity index is 1.15. The first-order chi connectivity index (χ1) is 32.9. The quantitative estimate of drug-likeness (QED) is 0.0536. The highest BCUT2D eigenvalue weighted by molar-refractivity contribution is 5.81. The molecule has 3 saturated carbocycles. The minimum atomic E-state index is -1.98. The van der Waals surface area contributed by atoms with E-state index in [1.807, 2.05) is 0 Å². The zero-order valence-corrected chi connectivity index (χ0v) is 38.4. The summed E-state index contributed by atoms with van der Waals surface area (Å²) in [5, 5.41) is 150. The maximum Gasteiger partial charge on any atom is 0.330 e. The van der Waals surface area contributed by atoms with Crippen molar-refractivity contribution in [2.24, 2.45) is 17.8 Å². The monoisotopic (exact) mass is 1000 g/mol. The van der Waals surface area contributed by atoms with Crippen LogP contribution in [0.25, 0.3) is 0 Å². The molecule has 69 heavy (non-hydrogen) atoms. The molecule has 4 saturated heterocycles. The van der Waals surface area contributed by atoms with Gasteiger partial charge in [-0.1, -0.05) is 6.08 Å². The first-order valence-electron chi connectivity index (χ1n) is 23.7. The molecule has 0 aromatic carbocycles. The van der Waals surface area contributed by atoms with Crippen molar-refractivity contribution in [3.05, 3.63) is 12.2 Å². The molecule has 0 aromatic heterocycles. The van der Waals surface area contributed by atoms with Crippen LogP contribution in [0.1, 0.15) is 51.4 Å². The molecule has 0 bridgehead atoms. The first kappa shape index (κ1) is 55.0. The van der Waals surface area contributed by atoms with E-state index in [4.69, 9.17) is 47.4 Å². The average Bonchev–Trinajstić information content (AvgIpc) is 3.33. The number of methoxy groups -OCH3 is 2. The number of aliphatic hydroxyl groups is 14. The summed E-state index contributed by atoms with van der Waals surface area (Å²) in [5.41, 5.74) is 0. The minimum Gasteiger partial charge on any atom is -0.460 e. The van der Waals surface area contributed by atoms with Gasteiger partial charge in [-0.25, -0.2) is 4.79 Å². The van der Waals surface area contributed by atoms with Crippen LogP contribution in [0.5, 0.6) is 0 Å². The van der Waals surface area contributed by atoms with E-state index in [1.54, 1.807) is 6.08 Å². The maximum atomic E-state index is 13.1. The van der Waals surface area contributed by atoms with Crippen LogP contribution in [0, 0.1) is 17.8 Å². The average molecular weight is 1000 g/mol. The summed E-state index contributed by atoms with van der Waals surface area (Å²) in [4.78, 5) is 13.1. The van der Waals surface area contributed by atoms with Crippen molar-refractivity contribution in [1.29, 1.82) is 0 Å². The molecule has 4 heterocycles. The molecule has 14 N–H and O–H groups in total. The Kier molecular flexibility index (Phi) is 19.2. The van der Waals surface area contributed by atoms with Crippen LogP contribution >= 0.6 is 0 Å². The molecule has 25 heteroatoms.